The van der Waals surface area contributed by atoms with Gasteiger partial charge in [0.1, 0.15) is 5.58 Å². The summed E-state index contributed by atoms with van der Waals surface area (Å²) in [6.07, 6.45) is 1.81. The summed E-state index contributed by atoms with van der Waals surface area (Å²) in [7, 11) is 0. The van der Waals surface area contributed by atoms with Crippen LogP contribution in [-0.2, 0) is 0 Å². The highest BCUT2D eigenvalue weighted by atomic mass is 16.3. The number of hydrogen-bond acceptors (Lipinski definition) is 2. The second-order valence-corrected chi connectivity index (χ2v) is 5.03. The Balaban J connectivity index is 2.00. The van der Waals surface area contributed by atoms with Gasteiger partial charge in [0.2, 0.25) is 0 Å². The highest BCUT2D eigenvalue weighted by molar-refractivity contribution is 6.05. The van der Waals surface area contributed by atoms with Crippen LogP contribution >= 0.6 is 0 Å². The van der Waals surface area contributed by atoms with Crippen molar-refractivity contribution in [3.8, 4) is 11.3 Å². The van der Waals surface area contributed by atoms with Gasteiger partial charge in [0, 0.05) is 16.3 Å². The Morgan fingerprint density at radius 2 is 1.75 bits per heavy atom. The van der Waals surface area contributed by atoms with Gasteiger partial charge in [0.25, 0.3) is 0 Å². The van der Waals surface area contributed by atoms with Gasteiger partial charge < -0.3 is 4.42 Å². The number of aryl methyl sites for hydroxylation is 1. The molecule has 2 heteroatoms. The Morgan fingerprint density at radius 3 is 2.65 bits per heavy atom. The third kappa shape index (κ3) is 1.69. The van der Waals surface area contributed by atoms with E-state index >= 15 is 0 Å². The smallest absolute Gasteiger partial charge is 0.153 e. The number of rotatable bonds is 1. The van der Waals surface area contributed by atoms with Crippen molar-refractivity contribution in [3.05, 3.63) is 66.4 Å². The monoisotopic (exact) mass is 259 g/mol. The van der Waals surface area contributed by atoms with E-state index in [1.807, 2.05) is 24.4 Å². The molecule has 0 amide bonds. The van der Waals surface area contributed by atoms with Crippen molar-refractivity contribution in [2.75, 3.05) is 0 Å². The first kappa shape index (κ1) is 11.2. The Hall–Kier alpha value is -2.61. The number of para-hydroxylation sites is 1. The maximum absolute atomic E-state index is 5.80. The zero-order chi connectivity index (χ0) is 13.5. The predicted molar refractivity (Wildman–Crippen MR) is 81.7 cm³/mol. The highest BCUT2D eigenvalue weighted by Crippen LogP contribution is 2.30. The summed E-state index contributed by atoms with van der Waals surface area (Å²) in [5.74, 6) is 0. The molecule has 0 aliphatic rings. The number of nitrogens with zero attached hydrogens (tertiary/aromatic N) is 1. The molecule has 96 valence electrons. The van der Waals surface area contributed by atoms with Crippen LogP contribution in [-0.4, -0.2) is 4.98 Å². The van der Waals surface area contributed by atoms with Crippen LogP contribution in [0.25, 0.3) is 33.2 Å². The first-order chi connectivity index (χ1) is 9.81. The largest absolute Gasteiger partial charge is 0.454 e. The standard InChI is InChI=1S/C18H13NO/c1-12-5-4-6-13(9-12)16-10-15-14-7-2-3-8-17(14)20-18(15)11-19-16/h2-11H,1H3. The van der Waals surface area contributed by atoms with Crippen molar-refractivity contribution in [2.45, 2.75) is 6.92 Å². The molecule has 0 aliphatic heterocycles. The van der Waals surface area contributed by atoms with Crippen LogP contribution in [0.3, 0.4) is 0 Å². The zero-order valence-corrected chi connectivity index (χ0v) is 11.1. The minimum Gasteiger partial charge on any atom is -0.454 e. The van der Waals surface area contributed by atoms with Gasteiger partial charge in [0.05, 0.1) is 11.9 Å². The molecule has 0 saturated carbocycles. The summed E-state index contributed by atoms with van der Waals surface area (Å²) >= 11 is 0. The molecule has 2 nitrogen and oxygen atoms in total. The molecule has 0 aliphatic carbocycles. The molecule has 4 aromatic rings. The summed E-state index contributed by atoms with van der Waals surface area (Å²) < 4.78 is 5.80. The number of hydrogen-bond donors (Lipinski definition) is 0. The van der Waals surface area contributed by atoms with Crippen molar-refractivity contribution >= 4 is 21.9 Å². The van der Waals surface area contributed by atoms with E-state index in [2.05, 4.69) is 48.3 Å². The number of benzene rings is 2. The summed E-state index contributed by atoms with van der Waals surface area (Å²) in [6.45, 7) is 2.09. The fourth-order valence-electron chi connectivity index (χ4n) is 2.59. The lowest BCUT2D eigenvalue weighted by Crippen LogP contribution is -1.83. The lowest BCUT2D eigenvalue weighted by molar-refractivity contribution is 0.667. The van der Waals surface area contributed by atoms with E-state index in [0.717, 1.165) is 33.2 Å². The normalized spacial score (nSPS) is 11.2. The molecule has 0 N–H and O–H groups in total. The Morgan fingerprint density at radius 1 is 0.850 bits per heavy atom. The minimum atomic E-state index is 0.836. The van der Waals surface area contributed by atoms with Crippen LogP contribution in [0.1, 0.15) is 5.56 Å². The molecule has 0 fully saturated rings. The first-order valence-corrected chi connectivity index (χ1v) is 6.65. The molecule has 0 atom stereocenters. The number of pyridine rings is 1. The van der Waals surface area contributed by atoms with Crippen LogP contribution in [0.5, 0.6) is 0 Å². The predicted octanol–water partition coefficient (Wildman–Crippen LogP) is 4.96. The molecule has 0 radical (unpaired) electrons. The Labute approximate surface area is 116 Å². The molecular weight excluding hydrogens is 246 g/mol. The summed E-state index contributed by atoms with van der Waals surface area (Å²) in [5.41, 5.74) is 5.10. The number of furan rings is 1. The van der Waals surface area contributed by atoms with E-state index < -0.39 is 0 Å². The summed E-state index contributed by atoms with van der Waals surface area (Å²) in [6, 6.07) is 18.6. The van der Waals surface area contributed by atoms with Crippen LogP contribution in [0.2, 0.25) is 0 Å². The van der Waals surface area contributed by atoms with Gasteiger partial charge in [-0.15, -0.1) is 0 Å². The average Bonchev–Trinajstić information content (AvgIpc) is 2.85. The molecular formula is C18H13NO. The second kappa shape index (κ2) is 4.20. The van der Waals surface area contributed by atoms with Crippen LogP contribution < -0.4 is 0 Å². The SMILES string of the molecule is Cc1cccc(-c2cc3c(cn2)oc2ccccc23)c1. The van der Waals surface area contributed by atoms with Crippen LogP contribution in [0, 0.1) is 6.92 Å². The molecule has 2 aromatic carbocycles. The minimum absolute atomic E-state index is 0.836. The van der Waals surface area contributed by atoms with E-state index in [-0.39, 0.29) is 0 Å². The lowest BCUT2D eigenvalue weighted by atomic mass is 10.1. The van der Waals surface area contributed by atoms with Crippen LogP contribution in [0.15, 0.2) is 65.2 Å². The van der Waals surface area contributed by atoms with Gasteiger partial charge in [-0.1, -0.05) is 42.0 Å². The molecule has 0 spiro atoms. The Bertz CT molecular complexity index is 921. The van der Waals surface area contributed by atoms with E-state index in [0.29, 0.717) is 0 Å². The Kier molecular flexibility index (Phi) is 2.36. The van der Waals surface area contributed by atoms with E-state index in [4.69, 9.17) is 4.42 Å². The molecule has 0 unspecified atom stereocenters. The van der Waals surface area contributed by atoms with Crippen molar-refractivity contribution in [1.82, 2.24) is 4.98 Å². The van der Waals surface area contributed by atoms with E-state index in [1.165, 1.54) is 5.56 Å². The van der Waals surface area contributed by atoms with Crippen molar-refractivity contribution < 1.29 is 4.42 Å². The molecule has 2 aromatic heterocycles. The fraction of sp³-hybridized carbons (Fsp3) is 0.0556. The maximum atomic E-state index is 5.80. The molecule has 4 rings (SSSR count). The van der Waals surface area contributed by atoms with Gasteiger partial charge in [-0.25, -0.2) is 0 Å². The van der Waals surface area contributed by atoms with Crippen molar-refractivity contribution in [1.29, 1.82) is 0 Å². The maximum Gasteiger partial charge on any atom is 0.153 e. The topological polar surface area (TPSA) is 26.0 Å². The van der Waals surface area contributed by atoms with Gasteiger partial charge >= 0.3 is 0 Å². The highest BCUT2D eigenvalue weighted by Gasteiger charge is 2.08. The average molecular weight is 259 g/mol. The third-order valence-corrected chi connectivity index (χ3v) is 3.58. The zero-order valence-electron chi connectivity index (χ0n) is 11.1. The molecule has 0 bridgehead atoms. The molecule has 2 heterocycles. The van der Waals surface area contributed by atoms with Gasteiger partial charge in [0.15, 0.2) is 5.58 Å². The lowest BCUT2D eigenvalue weighted by Gasteiger charge is -2.01. The molecule has 20 heavy (non-hydrogen) atoms. The van der Waals surface area contributed by atoms with Crippen molar-refractivity contribution in [3.63, 3.8) is 0 Å². The number of aromatic nitrogens is 1. The quantitative estimate of drug-likeness (QED) is 0.483. The summed E-state index contributed by atoms with van der Waals surface area (Å²) in [4.78, 5) is 4.52. The number of fused-ring (bicyclic) bond motifs is 3. The third-order valence-electron chi connectivity index (χ3n) is 3.58. The molecule has 0 saturated heterocycles. The van der Waals surface area contributed by atoms with Gasteiger partial charge in [-0.3, -0.25) is 4.98 Å². The van der Waals surface area contributed by atoms with E-state index in [9.17, 15) is 0 Å². The van der Waals surface area contributed by atoms with Gasteiger partial charge in [-0.05, 0) is 25.1 Å². The van der Waals surface area contributed by atoms with Gasteiger partial charge in [-0.2, -0.15) is 0 Å². The fourth-order valence-corrected chi connectivity index (χ4v) is 2.59. The summed E-state index contributed by atoms with van der Waals surface area (Å²) in [5, 5.41) is 2.26. The van der Waals surface area contributed by atoms with Crippen molar-refractivity contribution in [2.24, 2.45) is 0 Å². The second-order valence-electron chi connectivity index (χ2n) is 5.03. The van der Waals surface area contributed by atoms with Crippen LogP contribution in [0.4, 0.5) is 0 Å². The first-order valence-electron chi connectivity index (χ1n) is 6.65. The van der Waals surface area contributed by atoms with E-state index in [1.54, 1.807) is 0 Å².